The number of hydrogen-bond acceptors (Lipinski definition) is 13. The Kier molecular flexibility index (Phi) is 28.0. The summed E-state index contributed by atoms with van der Waals surface area (Å²) in [6, 6.07) is -8.20. The number of thioether (sulfide) groups is 1. The summed E-state index contributed by atoms with van der Waals surface area (Å²) in [4.78, 5) is 116. The summed E-state index contributed by atoms with van der Waals surface area (Å²) in [5.41, 5.74) is 26.8. The minimum atomic E-state index is -1.58. The van der Waals surface area contributed by atoms with Crippen molar-refractivity contribution in [1.82, 2.24) is 47.9 Å². The summed E-state index contributed by atoms with van der Waals surface area (Å²) in [6.45, 7) is 1.64. The molecule has 0 aromatic heterocycles. The number of rotatable bonds is 33. The molecule has 0 radical (unpaired) electrons. The molecular formula is C35H65N17O10S. The summed E-state index contributed by atoms with van der Waals surface area (Å²) < 4.78 is 0. The maximum Gasteiger partial charge on any atom is 0.303 e. The van der Waals surface area contributed by atoms with Crippen LogP contribution < -0.4 is 76.5 Å². The number of amides is 8. The number of carboxylic acids is 1. The Labute approximate surface area is 368 Å². The summed E-state index contributed by atoms with van der Waals surface area (Å²) in [5.74, 6) is -8.86. The summed E-state index contributed by atoms with van der Waals surface area (Å²) in [5, 5.41) is 53.9. The maximum absolute atomic E-state index is 13.9. The highest BCUT2D eigenvalue weighted by Gasteiger charge is 2.33. The monoisotopic (exact) mass is 915 g/mol. The summed E-state index contributed by atoms with van der Waals surface area (Å²) in [6.07, 6.45) is 0.530. The van der Waals surface area contributed by atoms with Gasteiger partial charge in [-0.25, -0.2) is 0 Å². The Morgan fingerprint density at radius 3 is 1.13 bits per heavy atom. The molecule has 28 heteroatoms. The van der Waals surface area contributed by atoms with E-state index in [1.807, 2.05) is 0 Å². The third-order valence-electron chi connectivity index (χ3n) is 8.78. The molecule has 0 aromatic rings. The van der Waals surface area contributed by atoms with E-state index in [1.165, 1.54) is 11.8 Å². The van der Waals surface area contributed by atoms with Gasteiger partial charge in [0.2, 0.25) is 47.3 Å². The SMILES string of the molecule is CSCC[C@H](NC(=O)[C@H](CCC(N)=O)NC(=O)[C@H](CCC(=O)O)NC(=O)[C@H](CCCNC(=N)N)NC(C)=O)C(=O)N[C@@H](CCCNC(=N)N)C(=O)N[C@@H](CCCNC(=N)N)C(N)=O. The Hall–Kier alpha value is -6.61. The number of carboxylic acid groups (broad SMARTS) is 1. The minimum Gasteiger partial charge on any atom is -0.481 e. The smallest absolute Gasteiger partial charge is 0.303 e. The van der Waals surface area contributed by atoms with Crippen LogP contribution in [0.15, 0.2) is 0 Å². The Morgan fingerprint density at radius 1 is 0.492 bits per heavy atom. The fraction of sp³-hybridized carbons (Fsp3) is 0.657. The van der Waals surface area contributed by atoms with E-state index in [0.29, 0.717) is 5.75 Å². The maximum atomic E-state index is 13.9. The molecule has 0 fully saturated rings. The van der Waals surface area contributed by atoms with Crippen LogP contribution in [0.25, 0.3) is 0 Å². The number of nitrogens with one attached hydrogen (secondary N) is 12. The molecule has 0 saturated heterocycles. The molecular weight excluding hydrogens is 851 g/mol. The zero-order chi connectivity index (χ0) is 48.1. The second-order valence-corrected chi connectivity index (χ2v) is 15.1. The summed E-state index contributed by atoms with van der Waals surface area (Å²) in [7, 11) is 0. The topological polar surface area (TPSA) is 484 Å². The Bertz CT molecular complexity index is 1620. The van der Waals surface area contributed by atoms with Crippen molar-refractivity contribution in [3.8, 4) is 0 Å². The number of nitrogens with two attached hydrogens (primary N) is 5. The molecule has 8 amide bonds. The fourth-order valence-corrected chi connectivity index (χ4v) is 6.09. The van der Waals surface area contributed by atoms with Gasteiger partial charge in [0.25, 0.3) is 0 Å². The van der Waals surface area contributed by atoms with E-state index < -0.39 is 115 Å². The van der Waals surface area contributed by atoms with Crippen LogP contribution in [-0.4, -0.2) is 144 Å². The third-order valence-corrected chi connectivity index (χ3v) is 9.42. The van der Waals surface area contributed by atoms with Gasteiger partial charge in [0.05, 0.1) is 0 Å². The van der Waals surface area contributed by atoms with E-state index in [4.69, 9.17) is 44.9 Å². The van der Waals surface area contributed by atoms with Crippen LogP contribution in [0, 0.1) is 16.2 Å². The molecule has 0 aliphatic heterocycles. The number of hydrogen-bond donors (Lipinski definition) is 18. The van der Waals surface area contributed by atoms with Crippen molar-refractivity contribution in [2.45, 2.75) is 114 Å². The Balaban J connectivity index is 6.47. The molecule has 0 heterocycles. The van der Waals surface area contributed by atoms with Crippen LogP contribution >= 0.6 is 11.8 Å². The first-order valence-corrected chi connectivity index (χ1v) is 21.3. The van der Waals surface area contributed by atoms with Gasteiger partial charge >= 0.3 is 5.97 Å². The highest BCUT2D eigenvalue weighted by Crippen LogP contribution is 2.09. The van der Waals surface area contributed by atoms with Crippen molar-refractivity contribution < 1.29 is 48.3 Å². The van der Waals surface area contributed by atoms with Gasteiger partial charge in [-0.3, -0.25) is 59.4 Å². The Morgan fingerprint density at radius 2 is 0.810 bits per heavy atom. The van der Waals surface area contributed by atoms with Crippen molar-refractivity contribution >= 4 is 82.9 Å². The van der Waals surface area contributed by atoms with Gasteiger partial charge in [0, 0.05) is 39.4 Å². The van der Waals surface area contributed by atoms with Crippen molar-refractivity contribution in [3.05, 3.63) is 0 Å². The highest BCUT2D eigenvalue weighted by molar-refractivity contribution is 7.98. The van der Waals surface area contributed by atoms with Gasteiger partial charge in [-0.05, 0) is 69.8 Å². The van der Waals surface area contributed by atoms with Crippen LogP contribution in [0.2, 0.25) is 0 Å². The van der Waals surface area contributed by atoms with Gasteiger partial charge < -0.3 is 81.6 Å². The largest absolute Gasteiger partial charge is 0.481 e. The molecule has 63 heavy (non-hydrogen) atoms. The lowest BCUT2D eigenvalue weighted by Gasteiger charge is -2.27. The molecule has 6 atom stereocenters. The van der Waals surface area contributed by atoms with E-state index in [0.717, 1.165) is 6.92 Å². The van der Waals surface area contributed by atoms with Crippen molar-refractivity contribution in [3.63, 3.8) is 0 Å². The van der Waals surface area contributed by atoms with Crippen LogP contribution in [0.4, 0.5) is 0 Å². The highest BCUT2D eigenvalue weighted by atomic mass is 32.2. The molecule has 0 bridgehead atoms. The molecule has 0 aliphatic carbocycles. The van der Waals surface area contributed by atoms with E-state index >= 15 is 0 Å². The molecule has 0 spiro atoms. The van der Waals surface area contributed by atoms with Gasteiger partial charge in [-0.2, -0.15) is 11.8 Å². The summed E-state index contributed by atoms with van der Waals surface area (Å²) >= 11 is 1.31. The molecule has 0 aromatic carbocycles. The van der Waals surface area contributed by atoms with Gasteiger partial charge in [-0.1, -0.05) is 0 Å². The standard InChI is InChI=1S/C35H65N17O10S/c1-18(53)47-20(7-4-15-45-34(40)41)28(58)51-23(10-12-26(55)56)31(61)50-22(9-11-25(36)54)30(60)52-24(13-17-63-2)32(62)49-21(8-5-16-46-35(42)43)29(59)48-19(27(37)57)6-3-14-44-33(38)39/h19-24H,3-17H2,1-2H3,(H2,36,54)(H2,37,57)(H,47,53)(H,48,59)(H,49,62)(H,50,61)(H,51,58)(H,52,60)(H,55,56)(H4,38,39,44)(H4,40,41,45)(H4,42,43,46)/t19-,20-,21-,22-,23-,24-/m0/s1. The first-order valence-electron chi connectivity index (χ1n) is 19.9. The first-order chi connectivity index (χ1) is 29.6. The number of primary amides is 2. The van der Waals surface area contributed by atoms with Crippen LogP contribution in [0.1, 0.15) is 77.6 Å². The second-order valence-electron chi connectivity index (χ2n) is 14.1. The third kappa shape index (κ3) is 27.1. The number of guanidine groups is 3. The number of carbonyl (C=O) groups excluding carboxylic acids is 8. The molecule has 23 N–H and O–H groups in total. The zero-order valence-electron chi connectivity index (χ0n) is 35.5. The van der Waals surface area contributed by atoms with Crippen molar-refractivity contribution in [1.29, 1.82) is 16.2 Å². The van der Waals surface area contributed by atoms with Crippen LogP contribution in [0.5, 0.6) is 0 Å². The van der Waals surface area contributed by atoms with E-state index in [9.17, 15) is 48.3 Å². The van der Waals surface area contributed by atoms with Gasteiger partial charge in [0.15, 0.2) is 17.9 Å². The average Bonchev–Trinajstić information content (AvgIpc) is 3.18. The lowest BCUT2D eigenvalue weighted by Crippen LogP contribution is -2.59. The first kappa shape index (κ1) is 56.4. The lowest BCUT2D eigenvalue weighted by atomic mass is 10.0. The van der Waals surface area contributed by atoms with E-state index in [1.54, 1.807) is 6.26 Å². The molecule has 0 aliphatic rings. The molecule has 0 rings (SSSR count). The van der Waals surface area contributed by atoms with Gasteiger partial charge in [0.1, 0.15) is 36.3 Å². The average molecular weight is 916 g/mol. The van der Waals surface area contributed by atoms with Crippen LogP contribution in [0.3, 0.4) is 0 Å². The van der Waals surface area contributed by atoms with Crippen LogP contribution in [-0.2, 0) is 43.2 Å². The molecule has 27 nitrogen and oxygen atoms in total. The van der Waals surface area contributed by atoms with Crippen molar-refractivity contribution in [2.75, 3.05) is 31.6 Å². The quantitative estimate of drug-likeness (QED) is 0.0166. The van der Waals surface area contributed by atoms with E-state index in [-0.39, 0.29) is 82.5 Å². The minimum absolute atomic E-state index is 0.00765. The molecule has 0 unspecified atom stereocenters. The lowest BCUT2D eigenvalue weighted by molar-refractivity contribution is -0.138. The normalized spacial score (nSPS) is 13.4. The van der Waals surface area contributed by atoms with Gasteiger partial charge in [-0.15, -0.1) is 0 Å². The van der Waals surface area contributed by atoms with Crippen molar-refractivity contribution in [2.24, 2.45) is 28.7 Å². The predicted molar refractivity (Wildman–Crippen MR) is 232 cm³/mol. The second kappa shape index (κ2) is 31.3. The molecule has 356 valence electrons. The molecule has 0 saturated carbocycles. The van der Waals surface area contributed by atoms with E-state index in [2.05, 4.69) is 47.9 Å². The number of aliphatic carboxylic acids is 1. The fourth-order valence-electron chi connectivity index (χ4n) is 5.61. The number of carbonyl (C=O) groups is 9. The predicted octanol–water partition coefficient (Wildman–Crippen LogP) is -5.93. The zero-order valence-corrected chi connectivity index (χ0v) is 36.3.